The Kier molecular flexibility index (Phi) is 3.48. The molecule has 0 amide bonds. The Bertz CT molecular complexity index is 1080. The quantitative estimate of drug-likeness (QED) is 0.754. The largest absolute Gasteiger partial charge is 0.332 e. The standard InChI is InChI=1S/C16H14FN3O3/c1-19-13-12(15(22)20(2)16(19)23)8-10(14(21)18-13)7-9-3-5-11(17)6-4-9/h3-6,8H,7H2,1-2H3,(H,18,21). The molecule has 0 radical (unpaired) electrons. The van der Waals surface area contributed by atoms with Gasteiger partial charge < -0.3 is 4.98 Å². The summed E-state index contributed by atoms with van der Waals surface area (Å²) < 4.78 is 15.2. The van der Waals surface area contributed by atoms with Gasteiger partial charge >= 0.3 is 5.69 Å². The SMILES string of the molecule is Cn1c(=O)c2cc(Cc3ccc(F)cc3)c(=O)[nH]c2n(C)c1=O. The Morgan fingerprint density at radius 1 is 1.04 bits per heavy atom. The molecule has 118 valence electrons. The van der Waals surface area contributed by atoms with Crippen molar-refractivity contribution < 1.29 is 4.39 Å². The summed E-state index contributed by atoms with van der Waals surface area (Å²) in [6.45, 7) is 0. The molecule has 0 spiro atoms. The zero-order valence-electron chi connectivity index (χ0n) is 12.6. The smallest absolute Gasteiger partial charge is 0.307 e. The van der Waals surface area contributed by atoms with E-state index >= 15 is 0 Å². The number of pyridine rings is 1. The van der Waals surface area contributed by atoms with Gasteiger partial charge in [-0.2, -0.15) is 0 Å². The van der Waals surface area contributed by atoms with Gasteiger partial charge in [0.15, 0.2) is 0 Å². The van der Waals surface area contributed by atoms with Crippen molar-refractivity contribution in [2.45, 2.75) is 6.42 Å². The minimum Gasteiger partial charge on any atom is -0.307 e. The number of aryl methyl sites for hydroxylation is 1. The molecule has 3 aromatic rings. The summed E-state index contributed by atoms with van der Waals surface area (Å²) in [6.07, 6.45) is 0.261. The van der Waals surface area contributed by atoms with Crippen LogP contribution in [0, 0.1) is 5.82 Å². The number of hydrogen-bond donors (Lipinski definition) is 1. The molecule has 0 unspecified atom stereocenters. The summed E-state index contributed by atoms with van der Waals surface area (Å²) in [6, 6.07) is 7.27. The van der Waals surface area contributed by atoms with Crippen LogP contribution in [0.2, 0.25) is 0 Å². The molecule has 0 aliphatic heterocycles. The molecule has 3 rings (SSSR count). The van der Waals surface area contributed by atoms with E-state index in [-0.39, 0.29) is 28.8 Å². The maximum atomic E-state index is 12.9. The van der Waals surface area contributed by atoms with Crippen LogP contribution in [-0.4, -0.2) is 14.1 Å². The molecule has 6 nitrogen and oxygen atoms in total. The summed E-state index contributed by atoms with van der Waals surface area (Å²) >= 11 is 0. The van der Waals surface area contributed by atoms with Gasteiger partial charge in [-0.25, -0.2) is 9.18 Å². The summed E-state index contributed by atoms with van der Waals surface area (Å²) in [4.78, 5) is 38.9. The first-order valence-corrected chi connectivity index (χ1v) is 6.95. The molecule has 7 heteroatoms. The average molecular weight is 315 g/mol. The molecule has 2 aromatic heterocycles. The van der Waals surface area contributed by atoms with Crippen LogP contribution in [-0.2, 0) is 20.5 Å². The second-order valence-electron chi connectivity index (χ2n) is 5.39. The first-order valence-electron chi connectivity index (χ1n) is 6.95. The molecule has 0 saturated heterocycles. The number of fused-ring (bicyclic) bond motifs is 1. The number of nitrogens with one attached hydrogen (secondary N) is 1. The van der Waals surface area contributed by atoms with Gasteiger partial charge in [-0.15, -0.1) is 0 Å². The van der Waals surface area contributed by atoms with Gasteiger partial charge in [-0.05, 0) is 23.8 Å². The number of aromatic nitrogens is 3. The van der Waals surface area contributed by atoms with Gasteiger partial charge in [0.05, 0.1) is 5.39 Å². The molecule has 2 heterocycles. The number of H-pyrrole nitrogens is 1. The van der Waals surface area contributed by atoms with E-state index < -0.39 is 11.2 Å². The van der Waals surface area contributed by atoms with E-state index in [4.69, 9.17) is 0 Å². The van der Waals surface area contributed by atoms with Gasteiger partial charge in [0.1, 0.15) is 11.5 Å². The highest BCUT2D eigenvalue weighted by Crippen LogP contribution is 2.10. The van der Waals surface area contributed by atoms with E-state index in [2.05, 4.69) is 4.98 Å². The number of halogens is 1. The zero-order chi connectivity index (χ0) is 16.7. The Labute approximate surface area is 129 Å². The van der Waals surface area contributed by atoms with Crippen molar-refractivity contribution in [2.24, 2.45) is 14.1 Å². The fourth-order valence-electron chi connectivity index (χ4n) is 2.53. The van der Waals surface area contributed by atoms with Crippen LogP contribution in [0.25, 0.3) is 11.0 Å². The third kappa shape index (κ3) is 2.50. The van der Waals surface area contributed by atoms with E-state index in [1.807, 2.05) is 0 Å². The van der Waals surface area contributed by atoms with Crippen molar-refractivity contribution in [3.8, 4) is 0 Å². The number of aromatic amines is 1. The van der Waals surface area contributed by atoms with Gasteiger partial charge in [0.25, 0.3) is 11.1 Å². The van der Waals surface area contributed by atoms with Crippen LogP contribution in [0.15, 0.2) is 44.7 Å². The molecule has 0 aliphatic rings. The lowest BCUT2D eigenvalue weighted by Gasteiger charge is -2.08. The first kappa shape index (κ1) is 15.0. The van der Waals surface area contributed by atoms with E-state index in [1.165, 1.54) is 36.9 Å². The van der Waals surface area contributed by atoms with Crippen molar-refractivity contribution in [1.29, 1.82) is 0 Å². The maximum absolute atomic E-state index is 12.9. The highest BCUT2D eigenvalue weighted by molar-refractivity contribution is 5.74. The Morgan fingerprint density at radius 3 is 2.35 bits per heavy atom. The molecule has 0 bridgehead atoms. The van der Waals surface area contributed by atoms with Gasteiger partial charge in [-0.3, -0.25) is 18.7 Å². The lowest BCUT2D eigenvalue weighted by Crippen LogP contribution is -2.38. The van der Waals surface area contributed by atoms with E-state index in [0.717, 1.165) is 10.1 Å². The van der Waals surface area contributed by atoms with Crippen molar-refractivity contribution in [3.05, 3.63) is 78.5 Å². The van der Waals surface area contributed by atoms with Crippen molar-refractivity contribution in [1.82, 2.24) is 14.1 Å². The van der Waals surface area contributed by atoms with Crippen LogP contribution in [0.1, 0.15) is 11.1 Å². The maximum Gasteiger partial charge on any atom is 0.332 e. The predicted molar refractivity (Wildman–Crippen MR) is 84.3 cm³/mol. The zero-order valence-corrected chi connectivity index (χ0v) is 12.6. The fourth-order valence-corrected chi connectivity index (χ4v) is 2.53. The summed E-state index contributed by atoms with van der Waals surface area (Å²) in [5.41, 5.74) is -0.0575. The highest BCUT2D eigenvalue weighted by Gasteiger charge is 2.12. The van der Waals surface area contributed by atoms with Crippen molar-refractivity contribution in [2.75, 3.05) is 0 Å². The predicted octanol–water partition coefficient (Wildman–Crippen LogP) is 0.655. The topological polar surface area (TPSA) is 76.9 Å². The molecular formula is C16H14FN3O3. The van der Waals surface area contributed by atoms with Crippen LogP contribution in [0.3, 0.4) is 0 Å². The minimum absolute atomic E-state index is 0.186. The van der Waals surface area contributed by atoms with Gasteiger partial charge in [-0.1, -0.05) is 12.1 Å². The lowest BCUT2D eigenvalue weighted by atomic mass is 10.1. The monoisotopic (exact) mass is 315 g/mol. The van der Waals surface area contributed by atoms with Crippen molar-refractivity contribution >= 4 is 11.0 Å². The molecule has 0 saturated carbocycles. The number of hydrogen-bond acceptors (Lipinski definition) is 3. The second-order valence-corrected chi connectivity index (χ2v) is 5.39. The van der Waals surface area contributed by atoms with Gasteiger partial charge in [0.2, 0.25) is 0 Å². The summed E-state index contributed by atoms with van der Waals surface area (Å²) in [5.74, 6) is -0.356. The molecule has 0 aliphatic carbocycles. The molecule has 1 aromatic carbocycles. The van der Waals surface area contributed by atoms with Crippen LogP contribution in [0.5, 0.6) is 0 Å². The molecule has 1 N–H and O–H groups in total. The normalized spacial score (nSPS) is 11.1. The Morgan fingerprint density at radius 2 is 1.70 bits per heavy atom. The highest BCUT2D eigenvalue weighted by atomic mass is 19.1. The first-order chi connectivity index (χ1) is 10.9. The van der Waals surface area contributed by atoms with Crippen LogP contribution < -0.4 is 16.8 Å². The van der Waals surface area contributed by atoms with Crippen molar-refractivity contribution in [3.63, 3.8) is 0 Å². The van der Waals surface area contributed by atoms with E-state index in [0.29, 0.717) is 5.56 Å². The molecule has 23 heavy (non-hydrogen) atoms. The number of nitrogens with zero attached hydrogens (tertiary/aromatic N) is 2. The Hall–Kier alpha value is -2.96. The average Bonchev–Trinajstić information content (AvgIpc) is 2.54. The fraction of sp³-hybridized carbons (Fsp3) is 0.188. The number of rotatable bonds is 2. The van der Waals surface area contributed by atoms with E-state index in [1.54, 1.807) is 12.1 Å². The van der Waals surface area contributed by atoms with Gasteiger partial charge in [0, 0.05) is 26.1 Å². The van der Waals surface area contributed by atoms with E-state index in [9.17, 15) is 18.8 Å². The lowest BCUT2D eigenvalue weighted by molar-refractivity contribution is 0.627. The minimum atomic E-state index is -0.510. The Balaban J connectivity index is 2.22. The number of benzene rings is 1. The van der Waals surface area contributed by atoms with Crippen LogP contribution in [0.4, 0.5) is 4.39 Å². The second kappa shape index (κ2) is 5.35. The summed E-state index contributed by atoms with van der Waals surface area (Å²) in [5, 5.41) is 0.256. The third-order valence-corrected chi connectivity index (χ3v) is 3.85. The molecular weight excluding hydrogens is 301 g/mol. The molecule has 0 atom stereocenters. The summed E-state index contributed by atoms with van der Waals surface area (Å²) in [7, 11) is 2.87. The van der Waals surface area contributed by atoms with Crippen LogP contribution >= 0.6 is 0 Å². The molecule has 0 fully saturated rings. The third-order valence-electron chi connectivity index (χ3n) is 3.85.